The molecule has 0 aromatic heterocycles. The Bertz CT molecular complexity index is 90.1. The van der Waals surface area contributed by atoms with E-state index in [0.717, 1.165) is 0 Å². The van der Waals surface area contributed by atoms with Crippen LogP contribution in [0.25, 0.3) is 0 Å². The van der Waals surface area contributed by atoms with Crippen LogP contribution >= 0.6 is 0 Å². The fourth-order valence-corrected chi connectivity index (χ4v) is 1.16. The number of nitrogens with zero attached hydrogens (tertiary/aromatic N) is 2. The van der Waals surface area contributed by atoms with Gasteiger partial charge in [0.1, 0.15) is 6.79 Å². The second kappa shape index (κ2) is 6.31. The normalized spacial score (nSPS) is 20.5. The highest BCUT2D eigenvalue weighted by Crippen LogP contribution is 1.96. The molecule has 1 heterocycles. The predicted octanol–water partition coefficient (Wildman–Crippen LogP) is 0.0688. The number of hydrogen-bond donors (Lipinski definition) is 0. The fraction of sp³-hybridized carbons (Fsp3) is 0.875. The largest absolute Gasteiger partial charge is 0.307 e. The first-order valence-corrected chi connectivity index (χ1v) is 4.02. The molecule has 1 rings (SSSR count). The Balaban J connectivity index is 0.000000461. The monoisotopic (exact) mass is 158 g/mol. The van der Waals surface area contributed by atoms with Crippen LogP contribution in [0, 0.1) is 0 Å². The van der Waals surface area contributed by atoms with Crippen molar-refractivity contribution in [1.29, 1.82) is 0 Å². The number of carbonyl (C=O) groups excluding carboxylic acids is 1. The van der Waals surface area contributed by atoms with Gasteiger partial charge in [-0.15, -0.1) is 0 Å². The summed E-state index contributed by atoms with van der Waals surface area (Å²) in [5.74, 6) is 0. The van der Waals surface area contributed by atoms with E-state index in [0.29, 0.717) is 0 Å². The zero-order valence-electron chi connectivity index (χ0n) is 7.55. The van der Waals surface area contributed by atoms with Crippen LogP contribution < -0.4 is 0 Å². The maximum Gasteiger partial charge on any atom is 0.106 e. The van der Waals surface area contributed by atoms with Crippen LogP contribution in [-0.2, 0) is 4.79 Å². The molecule has 3 nitrogen and oxygen atoms in total. The quantitative estimate of drug-likeness (QED) is 0.539. The summed E-state index contributed by atoms with van der Waals surface area (Å²) in [6.07, 6.45) is 0. The lowest BCUT2D eigenvalue weighted by atomic mass is 10.3. The molecular weight excluding hydrogens is 140 g/mol. The van der Waals surface area contributed by atoms with Gasteiger partial charge in [-0.1, -0.05) is 6.92 Å². The lowest BCUT2D eigenvalue weighted by Gasteiger charge is -2.31. The van der Waals surface area contributed by atoms with Crippen molar-refractivity contribution in [2.45, 2.75) is 6.92 Å². The third-order valence-electron chi connectivity index (χ3n) is 2.04. The van der Waals surface area contributed by atoms with Crippen LogP contribution in [0.4, 0.5) is 0 Å². The van der Waals surface area contributed by atoms with E-state index in [2.05, 4.69) is 23.8 Å². The molecule has 0 spiro atoms. The Kier molecular flexibility index (Phi) is 6.07. The van der Waals surface area contributed by atoms with Gasteiger partial charge in [0, 0.05) is 26.2 Å². The number of rotatable bonds is 1. The minimum absolute atomic E-state index is 1.22. The Morgan fingerprint density at radius 1 is 1.18 bits per heavy atom. The minimum Gasteiger partial charge on any atom is -0.307 e. The molecule has 3 heteroatoms. The SMILES string of the molecule is C=O.CCN1CCN(C)CC1. The van der Waals surface area contributed by atoms with Crippen molar-refractivity contribution < 1.29 is 4.79 Å². The molecule has 0 N–H and O–H groups in total. The lowest BCUT2D eigenvalue weighted by Crippen LogP contribution is -2.44. The van der Waals surface area contributed by atoms with Gasteiger partial charge in [0.15, 0.2) is 0 Å². The smallest absolute Gasteiger partial charge is 0.106 e. The Morgan fingerprint density at radius 3 is 2.00 bits per heavy atom. The molecule has 0 radical (unpaired) electrons. The molecule has 1 aliphatic heterocycles. The number of carbonyl (C=O) groups is 1. The standard InChI is InChI=1S/C7H16N2.CH2O/c1-3-9-6-4-8(2)5-7-9;1-2/h3-7H2,1-2H3;1H2. The molecule has 0 atom stereocenters. The highest BCUT2D eigenvalue weighted by molar-refractivity contribution is 5.10. The highest BCUT2D eigenvalue weighted by atomic mass is 16.1. The minimum atomic E-state index is 1.22. The van der Waals surface area contributed by atoms with Gasteiger partial charge in [-0.3, -0.25) is 0 Å². The molecule has 66 valence electrons. The van der Waals surface area contributed by atoms with E-state index >= 15 is 0 Å². The van der Waals surface area contributed by atoms with Crippen LogP contribution in [0.5, 0.6) is 0 Å². The van der Waals surface area contributed by atoms with Crippen LogP contribution in [0.2, 0.25) is 0 Å². The average molecular weight is 158 g/mol. The van der Waals surface area contributed by atoms with E-state index in [1.54, 1.807) is 0 Å². The summed E-state index contributed by atoms with van der Waals surface area (Å²) >= 11 is 0. The lowest BCUT2D eigenvalue weighted by molar-refractivity contribution is -0.0979. The van der Waals surface area contributed by atoms with Crippen molar-refractivity contribution in [3.63, 3.8) is 0 Å². The van der Waals surface area contributed by atoms with Gasteiger partial charge >= 0.3 is 0 Å². The summed E-state index contributed by atoms with van der Waals surface area (Å²) in [6, 6.07) is 0. The Morgan fingerprint density at radius 2 is 1.64 bits per heavy atom. The molecule has 0 bridgehead atoms. The van der Waals surface area contributed by atoms with Crippen molar-refractivity contribution in [1.82, 2.24) is 9.80 Å². The fourth-order valence-electron chi connectivity index (χ4n) is 1.16. The molecule has 0 amide bonds. The van der Waals surface area contributed by atoms with Crippen molar-refractivity contribution in [2.75, 3.05) is 39.8 Å². The van der Waals surface area contributed by atoms with Crippen LogP contribution in [0.3, 0.4) is 0 Å². The zero-order chi connectivity index (χ0) is 8.69. The van der Waals surface area contributed by atoms with Crippen molar-refractivity contribution >= 4 is 6.79 Å². The molecule has 1 fully saturated rings. The second-order valence-electron chi connectivity index (χ2n) is 2.74. The van der Waals surface area contributed by atoms with E-state index in [9.17, 15) is 0 Å². The first-order chi connectivity index (χ1) is 5.33. The molecule has 0 unspecified atom stereocenters. The van der Waals surface area contributed by atoms with Crippen molar-refractivity contribution in [3.05, 3.63) is 0 Å². The third-order valence-corrected chi connectivity index (χ3v) is 2.04. The molecule has 0 aromatic rings. The van der Waals surface area contributed by atoms with Gasteiger partial charge in [0.05, 0.1) is 0 Å². The summed E-state index contributed by atoms with van der Waals surface area (Å²) in [6.45, 7) is 10.4. The van der Waals surface area contributed by atoms with E-state index in [4.69, 9.17) is 4.79 Å². The van der Waals surface area contributed by atoms with Gasteiger partial charge in [-0.2, -0.15) is 0 Å². The molecule has 1 aliphatic rings. The first-order valence-electron chi connectivity index (χ1n) is 4.02. The molecule has 1 saturated heterocycles. The van der Waals surface area contributed by atoms with Crippen molar-refractivity contribution in [3.8, 4) is 0 Å². The van der Waals surface area contributed by atoms with Crippen LogP contribution in [0.1, 0.15) is 6.92 Å². The zero-order valence-corrected chi connectivity index (χ0v) is 7.55. The van der Waals surface area contributed by atoms with E-state index < -0.39 is 0 Å². The van der Waals surface area contributed by atoms with E-state index in [-0.39, 0.29) is 0 Å². The van der Waals surface area contributed by atoms with Gasteiger partial charge in [0.2, 0.25) is 0 Å². The van der Waals surface area contributed by atoms with Crippen molar-refractivity contribution in [2.24, 2.45) is 0 Å². The van der Waals surface area contributed by atoms with Gasteiger partial charge < -0.3 is 14.6 Å². The summed E-state index contributed by atoms with van der Waals surface area (Å²) in [5, 5.41) is 0. The van der Waals surface area contributed by atoms with Gasteiger partial charge in [-0.05, 0) is 13.6 Å². The summed E-state index contributed by atoms with van der Waals surface area (Å²) in [4.78, 5) is 12.9. The molecule has 0 aliphatic carbocycles. The molecular formula is C8H18N2O. The van der Waals surface area contributed by atoms with Gasteiger partial charge in [0.25, 0.3) is 0 Å². The van der Waals surface area contributed by atoms with E-state index in [1.165, 1.54) is 32.7 Å². The molecule has 0 aromatic carbocycles. The second-order valence-corrected chi connectivity index (χ2v) is 2.74. The Labute approximate surface area is 69.0 Å². The van der Waals surface area contributed by atoms with Gasteiger partial charge in [-0.25, -0.2) is 0 Å². The number of hydrogen-bond acceptors (Lipinski definition) is 3. The summed E-state index contributed by atoms with van der Waals surface area (Å²) in [5.41, 5.74) is 0. The molecule has 0 saturated carbocycles. The first kappa shape index (κ1) is 10.6. The Hall–Kier alpha value is -0.410. The highest BCUT2D eigenvalue weighted by Gasteiger charge is 2.10. The average Bonchev–Trinajstić information content (AvgIpc) is 2.10. The van der Waals surface area contributed by atoms with Crippen LogP contribution in [-0.4, -0.2) is 56.4 Å². The summed E-state index contributed by atoms with van der Waals surface area (Å²) in [7, 11) is 2.19. The topological polar surface area (TPSA) is 23.6 Å². The maximum atomic E-state index is 8.00. The number of piperazine rings is 1. The maximum absolute atomic E-state index is 8.00. The predicted molar refractivity (Wildman–Crippen MR) is 46.7 cm³/mol. The van der Waals surface area contributed by atoms with E-state index in [1.807, 2.05) is 6.79 Å². The molecule has 11 heavy (non-hydrogen) atoms. The van der Waals surface area contributed by atoms with Crippen LogP contribution in [0.15, 0.2) is 0 Å². The third kappa shape index (κ3) is 4.11. The number of likely N-dealkylation sites (N-methyl/N-ethyl adjacent to an activating group) is 2. The summed E-state index contributed by atoms with van der Waals surface area (Å²) < 4.78 is 0.